The van der Waals surface area contributed by atoms with E-state index in [4.69, 9.17) is 14.6 Å². The molecule has 3 nitrogen and oxygen atoms in total. The normalized spacial score (nSPS) is 29.5. The fourth-order valence-corrected chi connectivity index (χ4v) is 2.10. The number of aliphatic hydroxyl groups excluding tert-OH is 1. The van der Waals surface area contributed by atoms with Crippen LogP contribution in [0.25, 0.3) is 0 Å². The van der Waals surface area contributed by atoms with Crippen molar-refractivity contribution in [1.29, 1.82) is 0 Å². The van der Waals surface area contributed by atoms with Gasteiger partial charge in [0.25, 0.3) is 0 Å². The molecule has 0 aromatic heterocycles. The second-order valence-electron chi connectivity index (χ2n) is 4.10. The van der Waals surface area contributed by atoms with Crippen molar-refractivity contribution < 1.29 is 14.6 Å². The highest BCUT2D eigenvalue weighted by atomic mass is 16.7. The Labute approximate surface area is 96.0 Å². The molecule has 0 spiro atoms. The largest absolute Gasteiger partial charge is 0.394 e. The Morgan fingerprint density at radius 1 is 1.38 bits per heavy atom. The van der Waals surface area contributed by atoms with Gasteiger partial charge in [0.2, 0.25) is 0 Å². The average Bonchev–Trinajstić information content (AvgIpc) is 2.76. The van der Waals surface area contributed by atoms with Crippen molar-refractivity contribution in [2.45, 2.75) is 31.7 Å². The summed E-state index contributed by atoms with van der Waals surface area (Å²) >= 11 is 0. The van der Waals surface area contributed by atoms with Gasteiger partial charge in [-0.05, 0) is 0 Å². The topological polar surface area (TPSA) is 38.7 Å². The van der Waals surface area contributed by atoms with Crippen LogP contribution in [0.15, 0.2) is 30.3 Å². The molecule has 1 aliphatic rings. The van der Waals surface area contributed by atoms with E-state index in [0.717, 1.165) is 18.4 Å². The fraction of sp³-hybridized carbons (Fsp3) is 0.538. The Morgan fingerprint density at radius 2 is 2.12 bits per heavy atom. The second kappa shape index (κ2) is 4.95. The fourth-order valence-electron chi connectivity index (χ4n) is 2.10. The van der Waals surface area contributed by atoms with E-state index < -0.39 is 5.79 Å². The Morgan fingerprint density at radius 3 is 2.69 bits per heavy atom. The quantitative estimate of drug-likeness (QED) is 0.847. The van der Waals surface area contributed by atoms with Crippen LogP contribution in [-0.4, -0.2) is 24.4 Å². The molecule has 1 aromatic carbocycles. The lowest BCUT2D eigenvalue weighted by Gasteiger charge is -2.28. The van der Waals surface area contributed by atoms with Crippen molar-refractivity contribution in [3.05, 3.63) is 35.9 Å². The number of benzene rings is 1. The van der Waals surface area contributed by atoms with Crippen LogP contribution in [0.4, 0.5) is 0 Å². The van der Waals surface area contributed by atoms with Crippen LogP contribution in [-0.2, 0) is 15.3 Å². The second-order valence-corrected chi connectivity index (χ2v) is 4.10. The highest BCUT2D eigenvalue weighted by molar-refractivity contribution is 5.21. The SMILES string of the molecule is CCCC1(c2ccccc2)OCC(CO)O1. The molecule has 0 saturated carbocycles. The molecule has 3 heteroatoms. The summed E-state index contributed by atoms with van der Waals surface area (Å²) in [5.41, 5.74) is 1.04. The molecule has 0 amide bonds. The van der Waals surface area contributed by atoms with Crippen LogP contribution in [0.5, 0.6) is 0 Å². The zero-order valence-corrected chi connectivity index (χ0v) is 9.56. The van der Waals surface area contributed by atoms with Gasteiger partial charge in [-0.1, -0.05) is 43.7 Å². The zero-order chi connectivity index (χ0) is 11.4. The summed E-state index contributed by atoms with van der Waals surface area (Å²) in [6.45, 7) is 2.58. The third kappa shape index (κ3) is 2.12. The van der Waals surface area contributed by atoms with E-state index in [0.29, 0.717) is 6.61 Å². The van der Waals surface area contributed by atoms with Crippen LogP contribution in [0.1, 0.15) is 25.3 Å². The molecule has 1 aromatic rings. The van der Waals surface area contributed by atoms with E-state index in [2.05, 4.69) is 6.92 Å². The summed E-state index contributed by atoms with van der Waals surface area (Å²) in [4.78, 5) is 0. The van der Waals surface area contributed by atoms with Crippen molar-refractivity contribution >= 4 is 0 Å². The number of hydrogen-bond donors (Lipinski definition) is 1. The third-order valence-electron chi connectivity index (χ3n) is 2.86. The van der Waals surface area contributed by atoms with E-state index in [-0.39, 0.29) is 12.7 Å². The van der Waals surface area contributed by atoms with Gasteiger partial charge in [0.15, 0.2) is 5.79 Å². The minimum atomic E-state index is -0.649. The van der Waals surface area contributed by atoms with Gasteiger partial charge in [-0.3, -0.25) is 0 Å². The maximum Gasteiger partial charge on any atom is 0.195 e. The third-order valence-corrected chi connectivity index (χ3v) is 2.86. The van der Waals surface area contributed by atoms with Crippen LogP contribution < -0.4 is 0 Å². The molecule has 1 fully saturated rings. The molecule has 1 N–H and O–H groups in total. The smallest absolute Gasteiger partial charge is 0.195 e. The van der Waals surface area contributed by atoms with Crippen molar-refractivity contribution in [3.8, 4) is 0 Å². The van der Waals surface area contributed by atoms with E-state index >= 15 is 0 Å². The molecule has 2 rings (SSSR count). The summed E-state index contributed by atoms with van der Waals surface area (Å²) in [7, 11) is 0. The van der Waals surface area contributed by atoms with Gasteiger partial charge in [-0.2, -0.15) is 0 Å². The highest BCUT2D eigenvalue weighted by Gasteiger charge is 2.41. The first-order valence-corrected chi connectivity index (χ1v) is 5.79. The highest BCUT2D eigenvalue weighted by Crippen LogP contribution is 2.38. The lowest BCUT2D eigenvalue weighted by atomic mass is 10.0. The van der Waals surface area contributed by atoms with Gasteiger partial charge in [-0.25, -0.2) is 0 Å². The van der Waals surface area contributed by atoms with Crippen molar-refractivity contribution in [1.82, 2.24) is 0 Å². The summed E-state index contributed by atoms with van der Waals surface area (Å²) in [5, 5.41) is 9.11. The van der Waals surface area contributed by atoms with Crippen LogP contribution in [0.2, 0.25) is 0 Å². The van der Waals surface area contributed by atoms with Gasteiger partial charge >= 0.3 is 0 Å². The lowest BCUT2D eigenvalue weighted by molar-refractivity contribution is -0.185. The maximum absolute atomic E-state index is 9.11. The summed E-state index contributed by atoms with van der Waals surface area (Å²) in [6, 6.07) is 9.95. The standard InChI is InChI=1S/C13H18O3/c1-2-8-13(11-6-4-3-5-7-11)15-10-12(9-14)16-13/h3-7,12,14H,2,8-10H2,1H3. The van der Waals surface area contributed by atoms with Gasteiger partial charge in [-0.15, -0.1) is 0 Å². The molecule has 0 bridgehead atoms. The molecule has 0 radical (unpaired) electrons. The van der Waals surface area contributed by atoms with Crippen molar-refractivity contribution in [2.24, 2.45) is 0 Å². The average molecular weight is 222 g/mol. The molecule has 1 heterocycles. The number of rotatable bonds is 4. The van der Waals surface area contributed by atoms with Crippen LogP contribution >= 0.6 is 0 Å². The lowest BCUT2D eigenvalue weighted by Crippen LogP contribution is -2.28. The first-order chi connectivity index (χ1) is 7.80. The number of ether oxygens (including phenoxy) is 2. The van der Waals surface area contributed by atoms with Gasteiger partial charge in [0, 0.05) is 12.0 Å². The van der Waals surface area contributed by atoms with Gasteiger partial charge in [0.05, 0.1) is 13.2 Å². The van der Waals surface area contributed by atoms with E-state index in [1.54, 1.807) is 0 Å². The number of aliphatic hydroxyl groups is 1. The number of hydrogen-bond acceptors (Lipinski definition) is 3. The monoisotopic (exact) mass is 222 g/mol. The Balaban J connectivity index is 2.23. The minimum Gasteiger partial charge on any atom is -0.394 e. The molecule has 1 aliphatic heterocycles. The van der Waals surface area contributed by atoms with Crippen LogP contribution in [0, 0.1) is 0 Å². The maximum atomic E-state index is 9.11. The van der Waals surface area contributed by atoms with E-state index in [9.17, 15) is 0 Å². The molecule has 88 valence electrons. The van der Waals surface area contributed by atoms with Gasteiger partial charge < -0.3 is 14.6 Å². The predicted molar refractivity (Wildman–Crippen MR) is 60.9 cm³/mol. The van der Waals surface area contributed by atoms with Crippen molar-refractivity contribution in [3.63, 3.8) is 0 Å². The summed E-state index contributed by atoms with van der Waals surface area (Å²) in [6.07, 6.45) is 1.59. The van der Waals surface area contributed by atoms with Crippen LogP contribution in [0.3, 0.4) is 0 Å². The molecule has 2 unspecified atom stereocenters. The van der Waals surface area contributed by atoms with Gasteiger partial charge in [0.1, 0.15) is 6.10 Å². The summed E-state index contributed by atoms with van der Waals surface area (Å²) < 4.78 is 11.6. The van der Waals surface area contributed by atoms with E-state index in [1.165, 1.54) is 0 Å². The van der Waals surface area contributed by atoms with E-state index in [1.807, 2.05) is 30.3 Å². The first-order valence-electron chi connectivity index (χ1n) is 5.79. The molecular formula is C13H18O3. The molecule has 2 atom stereocenters. The first kappa shape index (κ1) is 11.6. The molecule has 16 heavy (non-hydrogen) atoms. The molecular weight excluding hydrogens is 204 g/mol. The molecule has 0 aliphatic carbocycles. The summed E-state index contributed by atoms with van der Waals surface area (Å²) in [5.74, 6) is -0.649. The zero-order valence-electron chi connectivity index (χ0n) is 9.56. The Bertz CT molecular complexity index is 325. The Hall–Kier alpha value is -0.900. The van der Waals surface area contributed by atoms with Crippen molar-refractivity contribution in [2.75, 3.05) is 13.2 Å². The Kier molecular flexibility index (Phi) is 3.59. The molecule has 1 saturated heterocycles. The minimum absolute atomic E-state index is 0.0122. The predicted octanol–water partition coefficient (Wildman–Crippen LogP) is 2.05.